The zero-order valence-electron chi connectivity index (χ0n) is 12.3. The maximum atomic E-state index is 12.0. The second kappa shape index (κ2) is 6.55. The highest BCUT2D eigenvalue weighted by atomic mass is 32.2. The summed E-state index contributed by atoms with van der Waals surface area (Å²) in [5.41, 5.74) is 0.714. The monoisotopic (exact) mass is 350 g/mol. The molecule has 0 aliphatic heterocycles. The van der Waals surface area contributed by atoms with Crippen LogP contribution in [-0.4, -0.2) is 39.7 Å². The van der Waals surface area contributed by atoms with Gasteiger partial charge in [0, 0.05) is 12.8 Å². The van der Waals surface area contributed by atoms with Gasteiger partial charge in [-0.15, -0.1) is 11.8 Å². The van der Waals surface area contributed by atoms with Crippen LogP contribution in [0.25, 0.3) is 11.0 Å². The van der Waals surface area contributed by atoms with E-state index in [1.165, 1.54) is 18.1 Å². The minimum absolute atomic E-state index is 0.113. The lowest BCUT2D eigenvalue weighted by Gasteiger charge is -2.06. The smallest absolute Gasteiger partial charge is 0.310 e. The van der Waals surface area contributed by atoms with Crippen molar-refractivity contribution in [3.63, 3.8) is 0 Å². The first kappa shape index (κ1) is 15.8. The Hall–Kier alpha value is -2.13. The molecule has 0 aliphatic rings. The van der Waals surface area contributed by atoms with Crippen molar-refractivity contribution < 1.29 is 12.6 Å². The van der Waals surface area contributed by atoms with E-state index in [0.717, 1.165) is 5.39 Å². The van der Waals surface area contributed by atoms with Crippen molar-refractivity contribution in [1.82, 2.24) is 19.7 Å². The Balaban J connectivity index is 1.64. The maximum absolute atomic E-state index is 12.0. The number of benzene rings is 1. The molecule has 0 saturated carbocycles. The second-order valence-electron chi connectivity index (χ2n) is 4.69. The molecule has 2 aromatic heterocycles. The van der Waals surface area contributed by atoms with Crippen molar-refractivity contribution in [2.75, 3.05) is 11.5 Å². The average molecular weight is 350 g/mol. The number of nitrogens with zero attached hydrogens (tertiary/aromatic N) is 4. The first-order valence-electron chi connectivity index (χ1n) is 6.78. The Morgan fingerprint density at radius 3 is 2.78 bits per heavy atom. The molecule has 9 heteroatoms. The molecule has 0 atom stereocenters. The number of hydrogen-bond acceptors (Lipinski definition) is 7. The Morgan fingerprint density at radius 1 is 1.22 bits per heavy atom. The highest BCUT2D eigenvalue weighted by molar-refractivity contribution is 8.00. The minimum atomic E-state index is -3.64. The first-order chi connectivity index (χ1) is 11.1. The van der Waals surface area contributed by atoms with Gasteiger partial charge in [0.15, 0.2) is 5.65 Å². The van der Waals surface area contributed by atoms with Crippen LogP contribution in [0.2, 0.25) is 0 Å². The Morgan fingerprint density at radius 2 is 2.00 bits per heavy atom. The topological polar surface area (TPSA) is 87.0 Å². The first-order valence-corrected chi connectivity index (χ1v) is 9.34. The van der Waals surface area contributed by atoms with Crippen LogP contribution in [-0.2, 0) is 17.2 Å². The van der Waals surface area contributed by atoms with Crippen LogP contribution in [0.15, 0.2) is 47.9 Å². The predicted octanol–water partition coefficient (Wildman–Crippen LogP) is 1.86. The highest BCUT2D eigenvalue weighted by Gasteiger charge is 2.14. The van der Waals surface area contributed by atoms with Gasteiger partial charge in [-0.3, -0.25) is 4.68 Å². The summed E-state index contributed by atoms with van der Waals surface area (Å²) in [5.74, 6) is 0.531. The fourth-order valence-electron chi connectivity index (χ4n) is 1.96. The van der Waals surface area contributed by atoms with Gasteiger partial charge in [-0.05, 0) is 12.1 Å². The fourth-order valence-corrected chi connectivity index (χ4v) is 4.21. The van der Waals surface area contributed by atoms with E-state index in [2.05, 4.69) is 15.1 Å². The van der Waals surface area contributed by atoms with E-state index in [1.54, 1.807) is 48.3 Å². The maximum Gasteiger partial charge on any atom is 0.310 e. The molecule has 0 unspecified atom stereocenters. The van der Waals surface area contributed by atoms with Crippen LogP contribution in [0, 0.1) is 0 Å². The third-order valence-electron chi connectivity index (χ3n) is 3.03. The van der Waals surface area contributed by atoms with Crippen LogP contribution >= 0.6 is 11.8 Å². The molecule has 0 saturated heterocycles. The molecule has 3 aromatic rings. The molecule has 0 radical (unpaired) electrons. The molecule has 0 spiro atoms. The molecule has 2 heterocycles. The van der Waals surface area contributed by atoms with E-state index in [4.69, 9.17) is 4.18 Å². The van der Waals surface area contributed by atoms with E-state index >= 15 is 0 Å². The number of fused-ring (bicyclic) bond motifs is 1. The highest BCUT2D eigenvalue weighted by Crippen LogP contribution is 2.24. The lowest BCUT2D eigenvalue weighted by Crippen LogP contribution is -2.15. The zero-order chi connectivity index (χ0) is 16.3. The van der Waals surface area contributed by atoms with Gasteiger partial charge < -0.3 is 4.18 Å². The number of para-hydroxylation sites is 1. The van der Waals surface area contributed by atoms with E-state index in [1.807, 2.05) is 0 Å². The summed E-state index contributed by atoms with van der Waals surface area (Å²) in [5, 5.41) is 5.64. The Kier molecular flexibility index (Phi) is 4.49. The molecule has 0 N–H and O–H groups in total. The summed E-state index contributed by atoms with van der Waals surface area (Å²) in [6.45, 7) is 0. The van der Waals surface area contributed by atoms with E-state index < -0.39 is 10.1 Å². The van der Waals surface area contributed by atoms with Gasteiger partial charge in [0.2, 0.25) is 0 Å². The van der Waals surface area contributed by atoms with E-state index in [-0.39, 0.29) is 5.75 Å². The predicted molar refractivity (Wildman–Crippen MR) is 87.9 cm³/mol. The average Bonchev–Trinajstić information content (AvgIpc) is 2.90. The number of rotatable bonds is 6. The Labute approximate surface area is 137 Å². The molecule has 0 fully saturated rings. The minimum Gasteiger partial charge on any atom is -0.382 e. The van der Waals surface area contributed by atoms with Crippen LogP contribution < -0.4 is 4.18 Å². The molecule has 0 amide bonds. The van der Waals surface area contributed by atoms with E-state index in [0.29, 0.717) is 22.2 Å². The quantitative estimate of drug-likeness (QED) is 0.381. The van der Waals surface area contributed by atoms with Gasteiger partial charge >= 0.3 is 10.1 Å². The molecular weight excluding hydrogens is 336 g/mol. The van der Waals surface area contributed by atoms with Crippen molar-refractivity contribution in [3.05, 3.63) is 42.9 Å². The normalized spacial score (nSPS) is 11.7. The summed E-state index contributed by atoms with van der Waals surface area (Å²) in [4.78, 5) is 8.33. The van der Waals surface area contributed by atoms with Crippen molar-refractivity contribution in [2.24, 2.45) is 7.05 Å². The number of aryl methyl sites for hydroxylation is 1. The lowest BCUT2D eigenvalue weighted by molar-refractivity contribution is 0.488. The molecular formula is C14H14N4O3S2. The van der Waals surface area contributed by atoms with Gasteiger partial charge in [-0.25, -0.2) is 9.97 Å². The number of hydrogen-bond donors (Lipinski definition) is 0. The summed E-state index contributed by atoms with van der Waals surface area (Å²) < 4.78 is 30.6. The number of aromatic nitrogens is 4. The second-order valence-corrected chi connectivity index (χ2v) is 7.46. The summed E-state index contributed by atoms with van der Waals surface area (Å²) in [7, 11) is -1.84. The van der Waals surface area contributed by atoms with Crippen molar-refractivity contribution in [2.45, 2.75) is 5.03 Å². The summed E-state index contributed by atoms with van der Waals surface area (Å²) in [6.07, 6.45) is 3.12. The van der Waals surface area contributed by atoms with Crippen molar-refractivity contribution in [3.8, 4) is 5.75 Å². The van der Waals surface area contributed by atoms with Gasteiger partial charge in [-0.2, -0.15) is 13.5 Å². The summed E-state index contributed by atoms with van der Waals surface area (Å²) >= 11 is 1.34. The largest absolute Gasteiger partial charge is 0.382 e. The lowest BCUT2D eigenvalue weighted by atomic mass is 10.3. The standard InChI is InChI=1S/C14H14N4O3S2/c1-18-13-12(9-17-18)14(16-10-15-13)22-7-8-23(19,20)21-11-5-3-2-4-6-11/h2-6,9-10H,7-8H2,1H3. The zero-order valence-corrected chi connectivity index (χ0v) is 13.9. The van der Waals surface area contributed by atoms with Crippen LogP contribution in [0.4, 0.5) is 0 Å². The third kappa shape index (κ3) is 3.80. The van der Waals surface area contributed by atoms with E-state index in [9.17, 15) is 8.42 Å². The number of thioether (sulfide) groups is 1. The molecule has 0 aliphatic carbocycles. The third-order valence-corrected chi connectivity index (χ3v) is 5.45. The molecule has 1 aromatic carbocycles. The van der Waals surface area contributed by atoms with Crippen LogP contribution in [0.3, 0.4) is 0 Å². The van der Waals surface area contributed by atoms with Gasteiger partial charge in [0.1, 0.15) is 17.1 Å². The van der Waals surface area contributed by atoms with Gasteiger partial charge in [-0.1, -0.05) is 18.2 Å². The molecule has 23 heavy (non-hydrogen) atoms. The fraction of sp³-hybridized carbons (Fsp3) is 0.214. The van der Waals surface area contributed by atoms with Crippen molar-refractivity contribution >= 4 is 32.9 Å². The molecule has 3 rings (SSSR count). The molecule has 7 nitrogen and oxygen atoms in total. The van der Waals surface area contributed by atoms with Crippen molar-refractivity contribution in [1.29, 1.82) is 0 Å². The van der Waals surface area contributed by atoms with Gasteiger partial charge in [0.05, 0.1) is 17.3 Å². The van der Waals surface area contributed by atoms with Crippen LogP contribution in [0.5, 0.6) is 5.75 Å². The summed E-state index contributed by atoms with van der Waals surface area (Å²) in [6, 6.07) is 8.45. The molecule has 0 bridgehead atoms. The SMILES string of the molecule is Cn1ncc2c(SCCS(=O)(=O)Oc3ccccc3)ncnc21. The molecule has 120 valence electrons. The Bertz CT molecular complexity index is 910. The van der Waals surface area contributed by atoms with Crippen LogP contribution in [0.1, 0.15) is 0 Å². The van der Waals surface area contributed by atoms with Gasteiger partial charge in [0.25, 0.3) is 0 Å².